The lowest BCUT2D eigenvalue weighted by molar-refractivity contribution is 0.654. The van der Waals surface area contributed by atoms with Gasteiger partial charge in [-0.1, -0.05) is 11.6 Å². The van der Waals surface area contributed by atoms with E-state index in [1.54, 1.807) is 0 Å². The third-order valence-electron chi connectivity index (χ3n) is 2.26. The van der Waals surface area contributed by atoms with Crippen molar-refractivity contribution in [3.8, 4) is 6.07 Å². The summed E-state index contributed by atoms with van der Waals surface area (Å²) in [7, 11) is 0. The van der Waals surface area contributed by atoms with E-state index in [4.69, 9.17) is 16.9 Å². The van der Waals surface area contributed by atoms with Gasteiger partial charge in [0.2, 0.25) is 0 Å². The summed E-state index contributed by atoms with van der Waals surface area (Å²) in [6.45, 7) is 0.336. The molecule has 3 aromatic heterocycles. The average molecular weight is 277 g/mol. The number of fused-ring (bicyclic) bond motifs is 1. The molecule has 0 radical (unpaired) electrons. The van der Waals surface area contributed by atoms with Crippen LogP contribution >= 0.6 is 22.9 Å². The van der Waals surface area contributed by atoms with Crippen LogP contribution in [-0.4, -0.2) is 24.7 Å². The van der Waals surface area contributed by atoms with Crippen LogP contribution < -0.4 is 0 Å². The number of hydrogen-bond donors (Lipinski definition) is 0. The molecule has 0 aliphatic rings. The van der Waals surface area contributed by atoms with Gasteiger partial charge < -0.3 is 0 Å². The highest BCUT2D eigenvalue weighted by atomic mass is 35.5. The number of nitriles is 1. The van der Waals surface area contributed by atoms with Crippen LogP contribution in [0.3, 0.4) is 0 Å². The highest BCUT2D eigenvalue weighted by Gasteiger charge is 2.08. The van der Waals surface area contributed by atoms with Crippen LogP contribution in [0.25, 0.3) is 10.2 Å². The molecule has 6 nitrogen and oxygen atoms in total. The zero-order chi connectivity index (χ0) is 12.5. The Hall–Kier alpha value is -2.04. The highest BCUT2D eigenvalue weighted by Crippen LogP contribution is 2.24. The number of aromatic nitrogens is 5. The molecule has 0 aromatic carbocycles. The minimum absolute atomic E-state index is 0.123. The van der Waals surface area contributed by atoms with E-state index in [0.29, 0.717) is 17.5 Å². The van der Waals surface area contributed by atoms with Gasteiger partial charge in [0, 0.05) is 5.39 Å². The standard InChI is InChI=1S/C10H5ClN6S/c11-9-6-1-2-18-10(6)15-8(14-9)4-17-5-13-7(3-12)16-17/h1-2,5H,4H2. The molecule has 3 aromatic rings. The topological polar surface area (TPSA) is 80.3 Å². The lowest BCUT2D eigenvalue weighted by Crippen LogP contribution is -2.05. The zero-order valence-corrected chi connectivity index (χ0v) is 10.5. The van der Waals surface area contributed by atoms with Gasteiger partial charge in [-0.05, 0) is 11.4 Å². The van der Waals surface area contributed by atoms with Crippen molar-refractivity contribution in [2.24, 2.45) is 0 Å². The number of thiophene rings is 1. The monoisotopic (exact) mass is 276 g/mol. The van der Waals surface area contributed by atoms with E-state index < -0.39 is 0 Å². The lowest BCUT2D eigenvalue weighted by atomic mass is 10.4. The third kappa shape index (κ3) is 1.92. The van der Waals surface area contributed by atoms with E-state index >= 15 is 0 Å². The maximum atomic E-state index is 8.64. The van der Waals surface area contributed by atoms with E-state index in [9.17, 15) is 0 Å². The maximum absolute atomic E-state index is 8.64. The molecular weight excluding hydrogens is 272 g/mol. The lowest BCUT2D eigenvalue weighted by Gasteiger charge is -2.01. The fourth-order valence-corrected chi connectivity index (χ4v) is 2.59. The van der Waals surface area contributed by atoms with Crippen molar-refractivity contribution >= 4 is 33.2 Å². The molecule has 0 saturated carbocycles. The summed E-state index contributed by atoms with van der Waals surface area (Å²) >= 11 is 7.56. The van der Waals surface area contributed by atoms with Gasteiger partial charge in [0.15, 0.2) is 5.82 Å². The van der Waals surface area contributed by atoms with Crippen LogP contribution in [-0.2, 0) is 6.54 Å². The second-order valence-corrected chi connectivity index (χ2v) is 4.70. The molecular formula is C10H5ClN6S. The van der Waals surface area contributed by atoms with E-state index in [0.717, 1.165) is 10.2 Å². The van der Waals surface area contributed by atoms with E-state index in [-0.39, 0.29) is 5.82 Å². The number of nitrogens with zero attached hydrogens (tertiary/aromatic N) is 6. The Morgan fingerprint density at radius 1 is 1.44 bits per heavy atom. The summed E-state index contributed by atoms with van der Waals surface area (Å²) in [4.78, 5) is 13.2. The predicted molar refractivity (Wildman–Crippen MR) is 66.3 cm³/mol. The largest absolute Gasteiger partial charge is 0.252 e. The minimum Gasteiger partial charge on any atom is -0.244 e. The van der Waals surface area contributed by atoms with Crippen LogP contribution in [0.1, 0.15) is 11.6 Å². The summed E-state index contributed by atoms with van der Waals surface area (Å²) in [5, 5.41) is 15.8. The number of hydrogen-bond acceptors (Lipinski definition) is 6. The van der Waals surface area contributed by atoms with Gasteiger partial charge in [0.25, 0.3) is 5.82 Å². The first-order valence-corrected chi connectivity index (χ1v) is 6.21. The van der Waals surface area contributed by atoms with Gasteiger partial charge in [-0.25, -0.2) is 19.6 Å². The van der Waals surface area contributed by atoms with Gasteiger partial charge in [0.05, 0.1) is 0 Å². The molecule has 0 amide bonds. The van der Waals surface area contributed by atoms with Gasteiger partial charge >= 0.3 is 0 Å². The Morgan fingerprint density at radius 2 is 2.33 bits per heavy atom. The first-order chi connectivity index (χ1) is 8.76. The number of rotatable bonds is 2. The van der Waals surface area contributed by atoms with Gasteiger partial charge in [-0.2, -0.15) is 5.26 Å². The van der Waals surface area contributed by atoms with E-state index in [1.165, 1.54) is 22.3 Å². The SMILES string of the molecule is N#Cc1ncn(Cc2nc(Cl)c3ccsc3n2)n1. The van der Waals surface area contributed by atoms with Gasteiger partial charge in [-0.15, -0.1) is 16.4 Å². The molecule has 0 bridgehead atoms. The molecule has 0 fully saturated rings. The molecule has 88 valence electrons. The fourth-order valence-electron chi connectivity index (χ4n) is 1.50. The van der Waals surface area contributed by atoms with Crippen molar-refractivity contribution in [2.75, 3.05) is 0 Å². The Morgan fingerprint density at radius 3 is 3.11 bits per heavy atom. The molecule has 3 rings (SSSR count). The van der Waals surface area contributed by atoms with Crippen LogP contribution in [0.15, 0.2) is 17.8 Å². The molecule has 8 heteroatoms. The Labute approximate surface area is 111 Å². The maximum Gasteiger partial charge on any atom is 0.252 e. The molecule has 0 aliphatic heterocycles. The summed E-state index contributed by atoms with van der Waals surface area (Å²) in [5.41, 5.74) is 0. The molecule has 0 N–H and O–H groups in total. The molecule has 0 saturated heterocycles. The molecule has 3 heterocycles. The van der Waals surface area contributed by atoms with Crippen molar-refractivity contribution in [3.05, 3.63) is 34.6 Å². The minimum atomic E-state index is 0.123. The Kier molecular flexibility index (Phi) is 2.66. The molecule has 0 unspecified atom stereocenters. The first kappa shape index (κ1) is 11.1. The summed E-state index contributed by atoms with van der Waals surface area (Å²) < 4.78 is 1.50. The third-order valence-corrected chi connectivity index (χ3v) is 3.36. The molecule has 18 heavy (non-hydrogen) atoms. The Bertz CT molecular complexity index is 755. The number of halogens is 1. The summed E-state index contributed by atoms with van der Waals surface area (Å²) in [5.74, 6) is 0.669. The van der Waals surface area contributed by atoms with Crippen LogP contribution in [0.5, 0.6) is 0 Å². The highest BCUT2D eigenvalue weighted by molar-refractivity contribution is 7.16. The van der Waals surface area contributed by atoms with Crippen molar-refractivity contribution in [3.63, 3.8) is 0 Å². The van der Waals surface area contributed by atoms with Crippen LogP contribution in [0.4, 0.5) is 0 Å². The molecule has 0 spiro atoms. The molecule has 0 atom stereocenters. The smallest absolute Gasteiger partial charge is 0.244 e. The van der Waals surface area contributed by atoms with E-state index in [2.05, 4.69) is 20.1 Å². The fraction of sp³-hybridized carbons (Fsp3) is 0.100. The predicted octanol–water partition coefficient (Wildman–Crippen LogP) is 1.86. The zero-order valence-electron chi connectivity index (χ0n) is 8.91. The average Bonchev–Trinajstić information content (AvgIpc) is 2.97. The normalized spacial score (nSPS) is 10.7. The molecule has 0 aliphatic carbocycles. The van der Waals surface area contributed by atoms with E-state index in [1.807, 2.05) is 17.5 Å². The van der Waals surface area contributed by atoms with Crippen LogP contribution in [0.2, 0.25) is 5.15 Å². The van der Waals surface area contributed by atoms with Crippen molar-refractivity contribution in [2.45, 2.75) is 6.54 Å². The second kappa shape index (κ2) is 4.33. The van der Waals surface area contributed by atoms with Crippen molar-refractivity contribution in [1.29, 1.82) is 5.26 Å². The van der Waals surface area contributed by atoms with Gasteiger partial charge in [0.1, 0.15) is 28.9 Å². The summed E-state index contributed by atoms with van der Waals surface area (Å²) in [6.07, 6.45) is 1.47. The van der Waals surface area contributed by atoms with Crippen molar-refractivity contribution in [1.82, 2.24) is 24.7 Å². The van der Waals surface area contributed by atoms with Crippen molar-refractivity contribution < 1.29 is 0 Å². The van der Waals surface area contributed by atoms with Crippen LogP contribution in [0, 0.1) is 11.3 Å². The quantitative estimate of drug-likeness (QED) is 0.667. The summed E-state index contributed by atoms with van der Waals surface area (Å²) in [6, 6.07) is 3.75. The van der Waals surface area contributed by atoms with Gasteiger partial charge in [-0.3, -0.25) is 0 Å². The second-order valence-electron chi connectivity index (χ2n) is 3.45. The first-order valence-electron chi connectivity index (χ1n) is 4.95. The Balaban J connectivity index is 1.97.